The van der Waals surface area contributed by atoms with Crippen LogP contribution < -0.4 is 0 Å². The standard InChI is InChI=1S/C25H26N2O2/c1-5-6-7-17-10-14-19(15-11-17)23-21-20(24(28)27(23)4)22(26(3)25(21)29)18-12-8-16(2)9-13-18/h8-15H,5-7H2,1-4H3. The first-order valence-corrected chi connectivity index (χ1v) is 10.2. The Morgan fingerprint density at radius 3 is 1.62 bits per heavy atom. The normalized spacial score (nSPS) is 16.4. The van der Waals surface area contributed by atoms with Gasteiger partial charge in [-0.25, -0.2) is 0 Å². The summed E-state index contributed by atoms with van der Waals surface area (Å²) in [6.45, 7) is 4.20. The van der Waals surface area contributed by atoms with Gasteiger partial charge in [-0.3, -0.25) is 9.59 Å². The number of rotatable bonds is 5. The topological polar surface area (TPSA) is 40.6 Å². The maximum absolute atomic E-state index is 13.2. The van der Waals surface area contributed by atoms with Crippen molar-refractivity contribution in [3.63, 3.8) is 0 Å². The van der Waals surface area contributed by atoms with Gasteiger partial charge >= 0.3 is 0 Å². The zero-order chi connectivity index (χ0) is 20.7. The first kappa shape index (κ1) is 19.2. The highest BCUT2D eigenvalue weighted by molar-refractivity contribution is 6.30. The molecule has 0 atom stereocenters. The minimum absolute atomic E-state index is 0.127. The summed E-state index contributed by atoms with van der Waals surface area (Å²) in [5.74, 6) is -0.253. The lowest BCUT2D eigenvalue weighted by atomic mass is 10.00. The van der Waals surface area contributed by atoms with E-state index < -0.39 is 0 Å². The van der Waals surface area contributed by atoms with Crippen LogP contribution in [0.15, 0.2) is 59.7 Å². The predicted molar refractivity (Wildman–Crippen MR) is 116 cm³/mol. The van der Waals surface area contributed by atoms with E-state index in [-0.39, 0.29) is 11.8 Å². The van der Waals surface area contributed by atoms with Gasteiger partial charge in [0.15, 0.2) is 0 Å². The molecule has 2 heterocycles. The number of carbonyl (C=O) groups is 2. The van der Waals surface area contributed by atoms with Crippen molar-refractivity contribution in [1.29, 1.82) is 0 Å². The molecule has 2 aliphatic heterocycles. The van der Waals surface area contributed by atoms with Gasteiger partial charge in [0, 0.05) is 14.1 Å². The molecule has 0 saturated heterocycles. The monoisotopic (exact) mass is 386 g/mol. The number of hydrogen-bond donors (Lipinski definition) is 0. The van der Waals surface area contributed by atoms with Crippen molar-refractivity contribution in [3.8, 4) is 0 Å². The van der Waals surface area contributed by atoms with Crippen LogP contribution >= 0.6 is 0 Å². The van der Waals surface area contributed by atoms with E-state index >= 15 is 0 Å². The van der Waals surface area contributed by atoms with Crippen LogP contribution in [0.2, 0.25) is 0 Å². The van der Waals surface area contributed by atoms with Crippen molar-refractivity contribution < 1.29 is 9.59 Å². The maximum atomic E-state index is 13.2. The summed E-state index contributed by atoms with van der Waals surface area (Å²) in [6.07, 6.45) is 3.36. The summed E-state index contributed by atoms with van der Waals surface area (Å²) in [5, 5.41) is 0. The molecule has 0 aromatic heterocycles. The average molecular weight is 386 g/mol. The van der Waals surface area contributed by atoms with Crippen LogP contribution in [0, 0.1) is 6.92 Å². The Kier molecular flexibility index (Phi) is 4.87. The first-order valence-electron chi connectivity index (χ1n) is 10.2. The summed E-state index contributed by atoms with van der Waals surface area (Å²) < 4.78 is 0. The molecule has 4 rings (SSSR count). The Bertz CT molecular complexity index is 1040. The highest BCUT2D eigenvalue weighted by atomic mass is 16.2. The molecular formula is C25H26N2O2. The Hall–Kier alpha value is -3.14. The number of benzene rings is 2. The molecule has 0 unspecified atom stereocenters. The minimum atomic E-state index is -0.127. The molecule has 2 aromatic rings. The third-order valence-electron chi connectivity index (χ3n) is 5.80. The molecule has 0 N–H and O–H groups in total. The summed E-state index contributed by atoms with van der Waals surface area (Å²) in [4.78, 5) is 29.6. The predicted octanol–water partition coefficient (Wildman–Crippen LogP) is 4.40. The van der Waals surface area contributed by atoms with Gasteiger partial charge in [0.1, 0.15) is 0 Å². The lowest BCUT2D eigenvalue weighted by Gasteiger charge is -2.20. The van der Waals surface area contributed by atoms with Gasteiger partial charge in [-0.15, -0.1) is 0 Å². The third-order valence-corrected chi connectivity index (χ3v) is 5.80. The fraction of sp³-hybridized carbons (Fsp3) is 0.280. The molecule has 0 spiro atoms. The molecule has 0 fully saturated rings. The Labute approximate surface area is 172 Å². The zero-order valence-electron chi connectivity index (χ0n) is 17.5. The molecular weight excluding hydrogens is 360 g/mol. The van der Waals surface area contributed by atoms with E-state index in [0.717, 1.165) is 36.0 Å². The fourth-order valence-corrected chi connectivity index (χ4v) is 4.12. The second kappa shape index (κ2) is 7.36. The lowest BCUT2D eigenvalue weighted by Crippen LogP contribution is -2.25. The number of carbonyl (C=O) groups excluding carboxylic acids is 2. The summed E-state index contributed by atoms with van der Waals surface area (Å²) in [6, 6.07) is 16.2. The number of amides is 2. The van der Waals surface area contributed by atoms with Gasteiger partial charge in [0.25, 0.3) is 11.8 Å². The van der Waals surface area contributed by atoms with E-state index in [0.29, 0.717) is 22.5 Å². The number of unbranched alkanes of at least 4 members (excludes halogenated alkanes) is 1. The highest BCUT2D eigenvalue weighted by Gasteiger charge is 2.46. The van der Waals surface area contributed by atoms with E-state index in [1.807, 2.05) is 43.3 Å². The van der Waals surface area contributed by atoms with Gasteiger partial charge in [-0.05, 0) is 36.5 Å². The number of fused-ring (bicyclic) bond motifs is 1. The summed E-state index contributed by atoms with van der Waals surface area (Å²) in [5.41, 5.74) is 6.61. The van der Waals surface area contributed by atoms with Crippen molar-refractivity contribution >= 4 is 23.2 Å². The molecule has 2 amide bonds. The Morgan fingerprint density at radius 2 is 1.17 bits per heavy atom. The summed E-state index contributed by atoms with van der Waals surface area (Å²) in [7, 11) is 3.50. The largest absolute Gasteiger partial charge is 0.310 e. The fourth-order valence-electron chi connectivity index (χ4n) is 4.12. The quantitative estimate of drug-likeness (QED) is 0.764. The summed E-state index contributed by atoms with van der Waals surface area (Å²) >= 11 is 0. The molecule has 0 saturated carbocycles. The Balaban J connectivity index is 1.84. The van der Waals surface area contributed by atoms with E-state index in [9.17, 15) is 9.59 Å². The van der Waals surface area contributed by atoms with Crippen LogP contribution in [-0.4, -0.2) is 35.7 Å². The smallest absolute Gasteiger partial charge is 0.261 e. The minimum Gasteiger partial charge on any atom is -0.310 e. The Morgan fingerprint density at radius 1 is 0.724 bits per heavy atom. The van der Waals surface area contributed by atoms with Crippen LogP contribution in [0.3, 0.4) is 0 Å². The number of aryl methyl sites for hydroxylation is 2. The van der Waals surface area contributed by atoms with Crippen molar-refractivity contribution in [1.82, 2.24) is 9.80 Å². The van der Waals surface area contributed by atoms with Gasteiger partial charge < -0.3 is 9.80 Å². The molecule has 148 valence electrons. The van der Waals surface area contributed by atoms with Crippen LogP contribution in [0.4, 0.5) is 0 Å². The average Bonchev–Trinajstić information content (AvgIpc) is 3.13. The molecule has 4 nitrogen and oxygen atoms in total. The van der Waals surface area contributed by atoms with E-state index in [1.54, 1.807) is 23.9 Å². The third kappa shape index (κ3) is 3.09. The van der Waals surface area contributed by atoms with Gasteiger partial charge in [-0.1, -0.05) is 67.4 Å². The SMILES string of the molecule is CCCCc1ccc(C2=C3C(=O)N(C)C(c4ccc(C)cc4)=C3C(=O)N2C)cc1. The molecule has 2 aromatic carbocycles. The lowest BCUT2D eigenvalue weighted by molar-refractivity contribution is -0.123. The molecule has 0 bridgehead atoms. The molecule has 2 aliphatic rings. The number of hydrogen-bond acceptors (Lipinski definition) is 2. The number of likely N-dealkylation sites (N-methyl/N-ethyl adjacent to an activating group) is 2. The van der Waals surface area contributed by atoms with E-state index in [1.165, 1.54) is 5.56 Å². The second-order valence-corrected chi connectivity index (χ2v) is 7.84. The first-order chi connectivity index (χ1) is 13.9. The molecule has 0 aliphatic carbocycles. The van der Waals surface area contributed by atoms with Crippen LogP contribution in [0.1, 0.15) is 42.0 Å². The van der Waals surface area contributed by atoms with Gasteiger partial charge in [0.2, 0.25) is 0 Å². The van der Waals surface area contributed by atoms with Crippen molar-refractivity contribution in [2.24, 2.45) is 0 Å². The molecule has 0 radical (unpaired) electrons. The second-order valence-electron chi connectivity index (χ2n) is 7.84. The van der Waals surface area contributed by atoms with Crippen molar-refractivity contribution in [3.05, 3.63) is 81.9 Å². The molecule has 4 heteroatoms. The van der Waals surface area contributed by atoms with Crippen LogP contribution in [-0.2, 0) is 16.0 Å². The zero-order valence-corrected chi connectivity index (χ0v) is 17.5. The van der Waals surface area contributed by atoms with Gasteiger partial charge in [0.05, 0.1) is 22.5 Å². The van der Waals surface area contributed by atoms with Crippen LogP contribution in [0.25, 0.3) is 11.4 Å². The van der Waals surface area contributed by atoms with Gasteiger partial charge in [-0.2, -0.15) is 0 Å². The highest BCUT2D eigenvalue weighted by Crippen LogP contribution is 2.45. The van der Waals surface area contributed by atoms with Crippen LogP contribution in [0.5, 0.6) is 0 Å². The molecule has 29 heavy (non-hydrogen) atoms. The van der Waals surface area contributed by atoms with E-state index in [2.05, 4.69) is 19.1 Å². The maximum Gasteiger partial charge on any atom is 0.261 e. The van der Waals surface area contributed by atoms with Crippen molar-refractivity contribution in [2.75, 3.05) is 14.1 Å². The number of nitrogens with zero attached hydrogens (tertiary/aromatic N) is 2. The van der Waals surface area contributed by atoms with E-state index in [4.69, 9.17) is 0 Å². The van der Waals surface area contributed by atoms with Crippen molar-refractivity contribution in [2.45, 2.75) is 33.1 Å².